The average Bonchev–Trinajstić information content (AvgIpc) is 2.53. The molecule has 0 aliphatic heterocycles. The summed E-state index contributed by atoms with van der Waals surface area (Å²) in [7, 11) is 0. The number of benzene rings is 1. The highest BCUT2D eigenvalue weighted by molar-refractivity contribution is 6.11. The maximum atomic E-state index is 11.8. The van der Waals surface area contributed by atoms with Gasteiger partial charge in [0.2, 0.25) is 0 Å². The molecule has 5 nitrogen and oxygen atoms in total. The number of hydrogen-bond acceptors (Lipinski definition) is 3. The van der Waals surface area contributed by atoms with Gasteiger partial charge < -0.3 is 10.6 Å². The number of rotatable bonds is 3. The van der Waals surface area contributed by atoms with Crippen LogP contribution < -0.4 is 10.6 Å². The number of anilines is 1. The lowest BCUT2D eigenvalue weighted by Crippen LogP contribution is -2.28. The molecule has 0 aliphatic rings. The fraction of sp³-hybridized carbons (Fsp3) is 0.0625. The van der Waals surface area contributed by atoms with Gasteiger partial charge in [-0.3, -0.25) is 9.97 Å². The zero-order valence-corrected chi connectivity index (χ0v) is 11.3. The lowest BCUT2D eigenvalue weighted by Gasteiger charge is -2.10. The van der Waals surface area contributed by atoms with Crippen LogP contribution in [0.15, 0.2) is 55.4 Å². The van der Waals surface area contributed by atoms with Crippen LogP contribution in [0.2, 0.25) is 0 Å². The largest absolute Gasteiger partial charge is 0.334 e. The van der Waals surface area contributed by atoms with Crippen LogP contribution in [-0.2, 0) is 0 Å². The number of nitrogens with one attached hydrogen (secondary N) is 2. The number of aromatic nitrogens is 2. The Morgan fingerprint density at radius 1 is 1.19 bits per heavy atom. The van der Waals surface area contributed by atoms with Gasteiger partial charge >= 0.3 is 6.03 Å². The molecule has 2 N–H and O–H groups in total. The first kappa shape index (κ1) is 13.1. The standard InChI is InChI=1S/C16H14N4O/c1-2-7-19-16(21)20-13-10-11-5-3-8-17-14(11)12-6-4-9-18-15(12)13/h2-6,8-10H,1,7H2,(H2,19,20,21). The molecule has 2 amide bonds. The Kier molecular flexibility index (Phi) is 3.47. The van der Waals surface area contributed by atoms with E-state index in [1.807, 2.05) is 30.3 Å². The zero-order chi connectivity index (χ0) is 14.7. The van der Waals surface area contributed by atoms with Crippen molar-refractivity contribution in [3.05, 3.63) is 55.4 Å². The van der Waals surface area contributed by atoms with Gasteiger partial charge in [0.15, 0.2) is 0 Å². The SMILES string of the molecule is C=CCNC(=O)Nc1cc2cccnc2c2cccnc12. The van der Waals surface area contributed by atoms with E-state index in [0.29, 0.717) is 12.2 Å². The first-order valence-corrected chi connectivity index (χ1v) is 6.58. The number of urea groups is 1. The van der Waals surface area contributed by atoms with Gasteiger partial charge in [-0.25, -0.2) is 4.79 Å². The van der Waals surface area contributed by atoms with Crippen molar-refractivity contribution < 1.29 is 4.79 Å². The molecule has 0 radical (unpaired) electrons. The monoisotopic (exact) mass is 278 g/mol. The number of fused-ring (bicyclic) bond motifs is 3. The minimum absolute atomic E-state index is 0.287. The van der Waals surface area contributed by atoms with Gasteiger partial charge in [-0.15, -0.1) is 6.58 Å². The first-order valence-electron chi connectivity index (χ1n) is 6.58. The van der Waals surface area contributed by atoms with Gasteiger partial charge in [-0.05, 0) is 24.3 Å². The summed E-state index contributed by atoms with van der Waals surface area (Å²) < 4.78 is 0. The third kappa shape index (κ3) is 2.53. The zero-order valence-electron chi connectivity index (χ0n) is 11.3. The topological polar surface area (TPSA) is 66.9 Å². The molecule has 1 aromatic carbocycles. The lowest BCUT2D eigenvalue weighted by molar-refractivity contribution is 0.253. The van der Waals surface area contributed by atoms with Crippen LogP contribution in [0.3, 0.4) is 0 Å². The van der Waals surface area contributed by atoms with Crippen LogP contribution in [0, 0.1) is 0 Å². The summed E-state index contributed by atoms with van der Waals surface area (Å²) in [6.45, 7) is 3.98. The summed E-state index contributed by atoms with van der Waals surface area (Å²) in [5.74, 6) is 0. The smallest absolute Gasteiger partial charge is 0.319 e. The van der Waals surface area contributed by atoms with Crippen LogP contribution >= 0.6 is 0 Å². The van der Waals surface area contributed by atoms with Crippen molar-refractivity contribution in [1.29, 1.82) is 0 Å². The summed E-state index contributed by atoms with van der Waals surface area (Å²) in [5.41, 5.74) is 2.25. The summed E-state index contributed by atoms with van der Waals surface area (Å²) in [6, 6.07) is 9.23. The summed E-state index contributed by atoms with van der Waals surface area (Å²) in [5, 5.41) is 7.37. The molecule has 0 unspecified atom stereocenters. The van der Waals surface area contributed by atoms with E-state index >= 15 is 0 Å². The van der Waals surface area contributed by atoms with E-state index in [4.69, 9.17) is 0 Å². The molecule has 2 heterocycles. The number of amides is 2. The molecule has 104 valence electrons. The lowest BCUT2D eigenvalue weighted by atomic mass is 10.1. The number of carbonyl (C=O) groups is 1. The molecule has 21 heavy (non-hydrogen) atoms. The number of carbonyl (C=O) groups excluding carboxylic acids is 1. The minimum atomic E-state index is -0.287. The van der Waals surface area contributed by atoms with E-state index in [2.05, 4.69) is 27.2 Å². The molecular weight excluding hydrogens is 264 g/mol. The van der Waals surface area contributed by atoms with Crippen LogP contribution in [0.25, 0.3) is 21.8 Å². The predicted octanol–water partition coefficient (Wildman–Crippen LogP) is 3.09. The van der Waals surface area contributed by atoms with E-state index < -0.39 is 0 Å². The molecule has 2 aromatic heterocycles. The van der Waals surface area contributed by atoms with Crippen molar-refractivity contribution >= 4 is 33.5 Å². The van der Waals surface area contributed by atoms with Crippen molar-refractivity contribution in [1.82, 2.24) is 15.3 Å². The summed E-state index contributed by atoms with van der Waals surface area (Å²) in [6.07, 6.45) is 5.07. The van der Waals surface area contributed by atoms with E-state index in [1.165, 1.54) is 0 Å². The van der Waals surface area contributed by atoms with E-state index in [-0.39, 0.29) is 6.03 Å². The third-order valence-corrected chi connectivity index (χ3v) is 3.11. The fourth-order valence-electron chi connectivity index (χ4n) is 2.22. The quantitative estimate of drug-likeness (QED) is 0.571. The van der Waals surface area contributed by atoms with Crippen LogP contribution in [0.1, 0.15) is 0 Å². The Balaban J connectivity index is 2.11. The third-order valence-electron chi connectivity index (χ3n) is 3.11. The maximum absolute atomic E-state index is 11.8. The van der Waals surface area contributed by atoms with Gasteiger partial charge in [0.05, 0.1) is 16.7 Å². The molecule has 0 saturated heterocycles. The Morgan fingerprint density at radius 2 is 1.95 bits per heavy atom. The molecule has 0 atom stereocenters. The van der Waals surface area contributed by atoms with Crippen LogP contribution in [-0.4, -0.2) is 22.5 Å². The summed E-state index contributed by atoms with van der Waals surface area (Å²) in [4.78, 5) is 20.6. The molecule has 0 spiro atoms. The second-order valence-electron chi connectivity index (χ2n) is 4.52. The molecule has 0 bridgehead atoms. The van der Waals surface area contributed by atoms with Crippen molar-refractivity contribution in [3.8, 4) is 0 Å². The maximum Gasteiger partial charge on any atom is 0.319 e. The average molecular weight is 278 g/mol. The van der Waals surface area contributed by atoms with Gasteiger partial charge in [0.1, 0.15) is 0 Å². The molecule has 0 fully saturated rings. The Morgan fingerprint density at radius 3 is 2.76 bits per heavy atom. The van der Waals surface area contributed by atoms with Crippen molar-refractivity contribution in [3.63, 3.8) is 0 Å². The highest BCUT2D eigenvalue weighted by Crippen LogP contribution is 2.28. The highest BCUT2D eigenvalue weighted by atomic mass is 16.2. The second-order valence-corrected chi connectivity index (χ2v) is 4.52. The van der Waals surface area contributed by atoms with E-state index in [0.717, 1.165) is 21.8 Å². The van der Waals surface area contributed by atoms with E-state index in [9.17, 15) is 4.79 Å². The van der Waals surface area contributed by atoms with Crippen molar-refractivity contribution in [2.45, 2.75) is 0 Å². The number of hydrogen-bond donors (Lipinski definition) is 2. The number of pyridine rings is 2. The molecule has 3 aromatic rings. The summed E-state index contributed by atoms with van der Waals surface area (Å²) >= 11 is 0. The van der Waals surface area contributed by atoms with Gasteiger partial charge in [-0.2, -0.15) is 0 Å². The Labute approximate surface area is 121 Å². The highest BCUT2D eigenvalue weighted by Gasteiger charge is 2.10. The van der Waals surface area contributed by atoms with Gasteiger partial charge in [0.25, 0.3) is 0 Å². The molecule has 0 saturated carbocycles. The van der Waals surface area contributed by atoms with Gasteiger partial charge in [0, 0.05) is 29.7 Å². The second kappa shape index (κ2) is 5.58. The fourth-order valence-corrected chi connectivity index (χ4v) is 2.22. The van der Waals surface area contributed by atoms with Gasteiger partial charge in [-0.1, -0.05) is 12.1 Å². The molecule has 5 heteroatoms. The van der Waals surface area contributed by atoms with Crippen molar-refractivity contribution in [2.24, 2.45) is 0 Å². The van der Waals surface area contributed by atoms with Crippen LogP contribution in [0.5, 0.6) is 0 Å². The normalized spacial score (nSPS) is 10.5. The Bertz CT molecular complexity index is 829. The van der Waals surface area contributed by atoms with Crippen LogP contribution in [0.4, 0.5) is 10.5 Å². The van der Waals surface area contributed by atoms with Crippen molar-refractivity contribution in [2.75, 3.05) is 11.9 Å². The first-order chi connectivity index (χ1) is 10.3. The predicted molar refractivity (Wildman–Crippen MR) is 84.3 cm³/mol. The molecular formula is C16H14N4O. The Hall–Kier alpha value is -2.95. The molecule has 0 aliphatic carbocycles. The minimum Gasteiger partial charge on any atom is -0.334 e. The molecule has 3 rings (SSSR count). The van der Waals surface area contributed by atoms with E-state index in [1.54, 1.807) is 18.5 Å². The number of nitrogens with zero attached hydrogens (tertiary/aromatic N) is 2.